The first kappa shape index (κ1) is 12.5. The summed E-state index contributed by atoms with van der Waals surface area (Å²) >= 11 is 5.54. The second kappa shape index (κ2) is 5.51. The van der Waals surface area contributed by atoms with E-state index in [1.807, 2.05) is 0 Å². The molecule has 1 aromatic carbocycles. The smallest absolute Gasteiger partial charge is 0.338 e. The second-order valence-electron chi connectivity index (χ2n) is 3.18. The van der Waals surface area contributed by atoms with Crippen molar-refractivity contribution in [1.82, 2.24) is 0 Å². The Morgan fingerprint density at radius 2 is 2.25 bits per heavy atom. The number of aliphatic imine (C=N–C) groups is 1. The molecular formula is C11H13ClN2O2. The number of benzene rings is 1. The number of hydrogen-bond acceptors (Lipinski definition) is 3. The van der Waals surface area contributed by atoms with Gasteiger partial charge in [0, 0.05) is 0 Å². The highest BCUT2D eigenvalue weighted by atomic mass is 35.5. The molecule has 0 saturated heterocycles. The van der Waals surface area contributed by atoms with E-state index < -0.39 is 0 Å². The molecule has 5 heteroatoms. The monoisotopic (exact) mass is 240 g/mol. The van der Waals surface area contributed by atoms with Crippen molar-refractivity contribution in [3.8, 4) is 0 Å². The molecule has 0 amide bonds. The number of carbonyl (C=O) groups excluding carboxylic acids is 1. The maximum absolute atomic E-state index is 11.4. The number of carbonyl (C=O) groups is 1. The van der Waals surface area contributed by atoms with Crippen LogP contribution in [0.1, 0.15) is 15.9 Å². The van der Waals surface area contributed by atoms with Gasteiger partial charge in [0.1, 0.15) is 5.84 Å². The van der Waals surface area contributed by atoms with Crippen LogP contribution >= 0.6 is 11.6 Å². The third-order valence-corrected chi connectivity index (χ3v) is 2.39. The van der Waals surface area contributed by atoms with Crippen LogP contribution in [0.2, 0.25) is 0 Å². The third kappa shape index (κ3) is 2.73. The van der Waals surface area contributed by atoms with E-state index in [1.54, 1.807) is 25.1 Å². The standard InChI is InChI=1S/C11H13ClN2O2/c1-7-8(11(15)16-2)4-3-5-9(7)14-10(13)6-12/h3-5H,6H2,1-2H3,(H2,13,14). The molecule has 2 N–H and O–H groups in total. The molecule has 4 nitrogen and oxygen atoms in total. The maximum atomic E-state index is 11.4. The van der Waals surface area contributed by atoms with Crippen molar-refractivity contribution in [1.29, 1.82) is 0 Å². The fourth-order valence-electron chi connectivity index (χ4n) is 1.26. The van der Waals surface area contributed by atoms with Gasteiger partial charge in [0.2, 0.25) is 0 Å². The Morgan fingerprint density at radius 1 is 1.56 bits per heavy atom. The van der Waals surface area contributed by atoms with E-state index in [0.29, 0.717) is 17.1 Å². The topological polar surface area (TPSA) is 64.7 Å². The largest absolute Gasteiger partial charge is 0.465 e. The highest BCUT2D eigenvalue weighted by Gasteiger charge is 2.11. The predicted molar refractivity (Wildman–Crippen MR) is 64.5 cm³/mol. The van der Waals surface area contributed by atoms with Crippen molar-refractivity contribution >= 4 is 29.1 Å². The Hall–Kier alpha value is -1.55. The molecule has 0 saturated carbocycles. The Balaban J connectivity index is 3.19. The van der Waals surface area contributed by atoms with Crippen LogP contribution in [-0.4, -0.2) is 24.8 Å². The van der Waals surface area contributed by atoms with Gasteiger partial charge in [0.15, 0.2) is 0 Å². The number of ether oxygens (including phenoxy) is 1. The number of amidine groups is 1. The molecule has 0 aliphatic heterocycles. The summed E-state index contributed by atoms with van der Waals surface area (Å²) in [5.74, 6) is 0.0767. The quantitative estimate of drug-likeness (QED) is 0.380. The molecule has 0 heterocycles. The molecule has 0 bridgehead atoms. The van der Waals surface area contributed by atoms with Gasteiger partial charge >= 0.3 is 5.97 Å². The van der Waals surface area contributed by atoms with E-state index in [4.69, 9.17) is 17.3 Å². The zero-order valence-electron chi connectivity index (χ0n) is 9.16. The van der Waals surface area contributed by atoms with Gasteiger partial charge in [0.05, 0.1) is 24.2 Å². The number of hydrogen-bond donors (Lipinski definition) is 1. The summed E-state index contributed by atoms with van der Waals surface area (Å²) in [4.78, 5) is 15.5. The van der Waals surface area contributed by atoms with Crippen molar-refractivity contribution in [2.45, 2.75) is 6.92 Å². The number of esters is 1. The van der Waals surface area contributed by atoms with E-state index in [-0.39, 0.29) is 11.8 Å². The zero-order chi connectivity index (χ0) is 12.1. The fraction of sp³-hybridized carbons (Fsp3) is 0.273. The molecule has 16 heavy (non-hydrogen) atoms. The minimum Gasteiger partial charge on any atom is -0.465 e. The van der Waals surface area contributed by atoms with Crippen molar-refractivity contribution < 1.29 is 9.53 Å². The lowest BCUT2D eigenvalue weighted by molar-refractivity contribution is 0.0600. The molecule has 0 atom stereocenters. The molecule has 0 fully saturated rings. The van der Waals surface area contributed by atoms with Gasteiger partial charge in [-0.25, -0.2) is 9.79 Å². The minimum atomic E-state index is -0.390. The first-order valence-electron chi connectivity index (χ1n) is 4.67. The van der Waals surface area contributed by atoms with Gasteiger partial charge in [-0.3, -0.25) is 0 Å². The van der Waals surface area contributed by atoms with Crippen molar-refractivity contribution in [2.75, 3.05) is 13.0 Å². The second-order valence-corrected chi connectivity index (χ2v) is 3.45. The lowest BCUT2D eigenvalue weighted by atomic mass is 10.1. The summed E-state index contributed by atoms with van der Waals surface area (Å²) in [6.07, 6.45) is 0. The van der Waals surface area contributed by atoms with Crippen LogP contribution in [0.15, 0.2) is 23.2 Å². The highest BCUT2D eigenvalue weighted by molar-refractivity contribution is 6.28. The highest BCUT2D eigenvalue weighted by Crippen LogP contribution is 2.22. The SMILES string of the molecule is COC(=O)c1cccc(N=C(N)CCl)c1C. The van der Waals surface area contributed by atoms with E-state index >= 15 is 0 Å². The number of nitrogens with zero attached hydrogens (tertiary/aromatic N) is 1. The molecule has 0 radical (unpaired) electrons. The number of alkyl halides is 1. The summed E-state index contributed by atoms with van der Waals surface area (Å²) in [6, 6.07) is 5.16. The molecule has 0 unspecified atom stereocenters. The maximum Gasteiger partial charge on any atom is 0.338 e. The van der Waals surface area contributed by atoms with Crippen molar-refractivity contribution in [3.63, 3.8) is 0 Å². The summed E-state index contributed by atoms with van der Waals surface area (Å²) in [6.45, 7) is 1.78. The predicted octanol–water partition coefficient (Wildman–Crippen LogP) is 2.01. The van der Waals surface area contributed by atoms with Gasteiger partial charge in [-0.1, -0.05) is 6.07 Å². The van der Waals surface area contributed by atoms with Gasteiger partial charge < -0.3 is 10.5 Å². The van der Waals surface area contributed by atoms with E-state index in [9.17, 15) is 4.79 Å². The average Bonchev–Trinajstić information content (AvgIpc) is 2.30. The molecule has 0 aliphatic carbocycles. The first-order chi connectivity index (χ1) is 7.60. The third-order valence-electron chi connectivity index (χ3n) is 2.11. The molecule has 0 spiro atoms. The van der Waals surface area contributed by atoms with Crippen LogP contribution in [0, 0.1) is 6.92 Å². The molecule has 1 rings (SSSR count). The first-order valence-corrected chi connectivity index (χ1v) is 5.20. The van der Waals surface area contributed by atoms with Gasteiger partial charge in [0.25, 0.3) is 0 Å². The van der Waals surface area contributed by atoms with Crippen molar-refractivity contribution in [3.05, 3.63) is 29.3 Å². The van der Waals surface area contributed by atoms with Crippen LogP contribution < -0.4 is 5.73 Å². The number of nitrogens with two attached hydrogens (primary N) is 1. The van der Waals surface area contributed by atoms with Crippen LogP contribution in [0.5, 0.6) is 0 Å². The summed E-state index contributed by atoms with van der Waals surface area (Å²) in [7, 11) is 1.34. The van der Waals surface area contributed by atoms with Crippen LogP contribution in [0.25, 0.3) is 0 Å². The summed E-state index contributed by atoms with van der Waals surface area (Å²) < 4.78 is 4.66. The Kier molecular flexibility index (Phi) is 4.31. The van der Waals surface area contributed by atoms with E-state index in [2.05, 4.69) is 9.73 Å². The lowest BCUT2D eigenvalue weighted by Gasteiger charge is -2.06. The molecule has 86 valence electrons. The molecule has 1 aromatic rings. The van der Waals surface area contributed by atoms with Gasteiger partial charge in [-0.2, -0.15) is 0 Å². The summed E-state index contributed by atoms with van der Waals surface area (Å²) in [5.41, 5.74) is 7.36. The fourth-order valence-corrected chi connectivity index (χ4v) is 1.32. The van der Waals surface area contributed by atoms with Crippen molar-refractivity contribution in [2.24, 2.45) is 10.7 Å². The van der Waals surface area contributed by atoms with Crippen LogP contribution in [0.4, 0.5) is 5.69 Å². The van der Waals surface area contributed by atoms with Gasteiger partial charge in [-0.15, -0.1) is 11.6 Å². The normalized spacial score (nSPS) is 11.3. The minimum absolute atomic E-state index is 0.155. The molecule has 0 aliphatic rings. The Morgan fingerprint density at radius 3 is 2.81 bits per heavy atom. The Bertz CT molecular complexity index is 430. The average molecular weight is 241 g/mol. The Labute approximate surface area is 99.1 Å². The van der Waals surface area contributed by atoms with Crippen LogP contribution in [0.3, 0.4) is 0 Å². The van der Waals surface area contributed by atoms with Crippen LogP contribution in [-0.2, 0) is 4.74 Å². The molecular weight excluding hydrogens is 228 g/mol. The lowest BCUT2D eigenvalue weighted by Crippen LogP contribution is -2.12. The van der Waals surface area contributed by atoms with Gasteiger partial charge in [-0.05, 0) is 24.6 Å². The molecule has 0 aromatic heterocycles. The number of methoxy groups -OCH3 is 1. The zero-order valence-corrected chi connectivity index (χ0v) is 9.91. The number of rotatable bonds is 3. The van der Waals surface area contributed by atoms with E-state index in [0.717, 1.165) is 5.56 Å². The number of halogens is 1. The summed E-state index contributed by atoms with van der Waals surface area (Å²) in [5, 5.41) is 0. The van der Waals surface area contributed by atoms with E-state index in [1.165, 1.54) is 7.11 Å².